The van der Waals surface area contributed by atoms with E-state index >= 15 is 0 Å². The molecule has 2 saturated heterocycles. The average Bonchev–Trinajstić information content (AvgIpc) is 2.49. The Morgan fingerprint density at radius 1 is 1.20 bits per heavy atom. The highest BCUT2D eigenvalue weighted by atomic mass is 16.5. The number of rotatable bonds is 0. The molecule has 2 aliphatic rings. The minimum Gasteiger partial charge on any atom is -0.397 e. The van der Waals surface area contributed by atoms with Crippen LogP contribution in [0.25, 0.3) is 0 Å². The molecular formula is C8H16O2. The summed E-state index contributed by atoms with van der Waals surface area (Å²) in [4.78, 5) is 0. The predicted molar refractivity (Wildman–Crippen MR) is 39.9 cm³/mol. The van der Waals surface area contributed by atoms with Crippen molar-refractivity contribution in [3.05, 3.63) is 0 Å². The molecule has 10 heavy (non-hydrogen) atoms. The van der Waals surface area contributed by atoms with Gasteiger partial charge in [0.2, 0.25) is 0 Å². The lowest BCUT2D eigenvalue weighted by Crippen LogP contribution is -1.98. The molecule has 2 nitrogen and oxygen atoms in total. The first-order chi connectivity index (χ1) is 4.86. The number of hydrogen-bond donors (Lipinski definition) is 1. The van der Waals surface area contributed by atoms with E-state index in [4.69, 9.17) is 9.84 Å². The average molecular weight is 144 g/mol. The van der Waals surface area contributed by atoms with Gasteiger partial charge in [-0.3, -0.25) is 0 Å². The summed E-state index contributed by atoms with van der Waals surface area (Å²) in [5.41, 5.74) is 0. The number of aliphatic hydroxyl groups excluding tert-OH is 1. The van der Waals surface area contributed by atoms with Gasteiger partial charge >= 0.3 is 0 Å². The fourth-order valence-electron chi connectivity index (χ4n) is 1.58. The molecule has 0 aromatic rings. The van der Waals surface area contributed by atoms with Crippen LogP contribution in [0.2, 0.25) is 0 Å². The molecule has 1 N–H and O–H groups in total. The summed E-state index contributed by atoms with van der Waals surface area (Å²) in [5, 5.41) is 7.57. The zero-order valence-corrected chi connectivity index (χ0v) is 6.55. The first-order valence-electron chi connectivity index (χ1n) is 4.13. The quantitative estimate of drug-likeness (QED) is 0.555. The Balaban J connectivity index is 0.000000148. The molecule has 0 aliphatic carbocycles. The molecule has 2 aliphatic heterocycles. The van der Waals surface area contributed by atoms with Gasteiger partial charge in [0.25, 0.3) is 0 Å². The second kappa shape index (κ2) is 3.94. The summed E-state index contributed by atoms with van der Waals surface area (Å²) < 4.78 is 5.47. The molecule has 2 heteroatoms. The molecule has 0 aromatic heterocycles. The molecule has 0 saturated carbocycles. The third-order valence-corrected chi connectivity index (χ3v) is 2.01. The van der Waals surface area contributed by atoms with Gasteiger partial charge in [0.15, 0.2) is 0 Å². The monoisotopic (exact) mass is 144 g/mol. The van der Waals surface area contributed by atoms with Crippen LogP contribution < -0.4 is 0 Å². The van der Waals surface area contributed by atoms with Gasteiger partial charge in [0.1, 0.15) is 0 Å². The van der Waals surface area contributed by atoms with E-state index in [1.165, 1.54) is 25.7 Å². The van der Waals surface area contributed by atoms with Gasteiger partial charge < -0.3 is 9.84 Å². The molecule has 0 unspecified atom stereocenters. The van der Waals surface area contributed by atoms with Gasteiger partial charge in [-0.15, -0.1) is 0 Å². The molecule has 0 radical (unpaired) electrons. The Bertz CT molecular complexity index is 75.3. The number of aliphatic hydroxyl groups is 1. The van der Waals surface area contributed by atoms with Crippen molar-refractivity contribution >= 4 is 0 Å². The molecule has 2 bridgehead atoms. The van der Waals surface area contributed by atoms with E-state index in [1.807, 2.05) is 0 Å². The van der Waals surface area contributed by atoms with E-state index < -0.39 is 0 Å². The van der Waals surface area contributed by atoms with Crippen LogP contribution in [0.1, 0.15) is 32.6 Å². The van der Waals surface area contributed by atoms with E-state index in [-0.39, 0.29) is 6.61 Å². The first kappa shape index (κ1) is 8.02. The standard InChI is InChI=1S/C6H10O.C2H6O/c1-2-6-4-3-5(1)7-6;1-2-3/h5-6H,1-4H2;3H,2H2,1H3. The Morgan fingerprint density at radius 3 is 1.60 bits per heavy atom. The molecule has 2 rings (SSSR count). The lowest BCUT2D eigenvalue weighted by atomic mass is 10.0. The number of hydrogen-bond acceptors (Lipinski definition) is 2. The minimum absolute atomic E-state index is 0.250. The van der Waals surface area contributed by atoms with Gasteiger partial charge in [0, 0.05) is 6.61 Å². The molecule has 0 aromatic carbocycles. The lowest BCUT2D eigenvalue weighted by molar-refractivity contribution is 0.105. The van der Waals surface area contributed by atoms with Crippen LogP contribution in [0, 0.1) is 0 Å². The summed E-state index contributed by atoms with van der Waals surface area (Å²) in [7, 11) is 0. The van der Waals surface area contributed by atoms with Crippen LogP contribution >= 0.6 is 0 Å². The topological polar surface area (TPSA) is 29.5 Å². The van der Waals surface area contributed by atoms with Crippen molar-refractivity contribution < 1.29 is 9.84 Å². The van der Waals surface area contributed by atoms with E-state index in [0.717, 1.165) is 0 Å². The maximum Gasteiger partial charge on any atom is 0.0580 e. The van der Waals surface area contributed by atoms with Gasteiger partial charge in [-0.25, -0.2) is 0 Å². The number of ether oxygens (including phenoxy) is 1. The Labute approximate surface area is 62.2 Å². The van der Waals surface area contributed by atoms with Crippen LogP contribution in [-0.4, -0.2) is 23.9 Å². The van der Waals surface area contributed by atoms with Gasteiger partial charge in [-0.05, 0) is 32.6 Å². The van der Waals surface area contributed by atoms with Gasteiger partial charge in [-0.1, -0.05) is 0 Å². The molecule has 0 atom stereocenters. The molecule has 60 valence electrons. The highest BCUT2D eigenvalue weighted by Crippen LogP contribution is 2.33. The maximum atomic E-state index is 7.57. The zero-order valence-electron chi connectivity index (χ0n) is 6.55. The smallest absolute Gasteiger partial charge is 0.0580 e. The van der Waals surface area contributed by atoms with Gasteiger partial charge in [-0.2, -0.15) is 0 Å². The van der Waals surface area contributed by atoms with Crippen molar-refractivity contribution in [2.75, 3.05) is 6.61 Å². The zero-order chi connectivity index (χ0) is 7.40. The summed E-state index contributed by atoms with van der Waals surface area (Å²) in [6.07, 6.45) is 6.69. The second-order valence-electron chi connectivity index (χ2n) is 2.85. The molecule has 0 spiro atoms. The maximum absolute atomic E-state index is 7.57. The van der Waals surface area contributed by atoms with Gasteiger partial charge in [0.05, 0.1) is 12.2 Å². The van der Waals surface area contributed by atoms with Crippen molar-refractivity contribution in [1.29, 1.82) is 0 Å². The van der Waals surface area contributed by atoms with Crippen LogP contribution in [-0.2, 0) is 4.74 Å². The van der Waals surface area contributed by atoms with Crippen LogP contribution in [0.5, 0.6) is 0 Å². The highest BCUT2D eigenvalue weighted by Gasteiger charge is 2.31. The van der Waals surface area contributed by atoms with Crippen molar-refractivity contribution in [2.24, 2.45) is 0 Å². The van der Waals surface area contributed by atoms with Crippen LogP contribution in [0.15, 0.2) is 0 Å². The molecular weight excluding hydrogens is 128 g/mol. The Morgan fingerprint density at radius 2 is 1.50 bits per heavy atom. The fraction of sp³-hybridized carbons (Fsp3) is 1.00. The van der Waals surface area contributed by atoms with E-state index in [2.05, 4.69) is 0 Å². The van der Waals surface area contributed by atoms with Crippen molar-refractivity contribution in [2.45, 2.75) is 44.8 Å². The largest absolute Gasteiger partial charge is 0.397 e. The van der Waals surface area contributed by atoms with Crippen LogP contribution in [0.4, 0.5) is 0 Å². The first-order valence-corrected chi connectivity index (χ1v) is 4.13. The van der Waals surface area contributed by atoms with Crippen LogP contribution in [0.3, 0.4) is 0 Å². The summed E-state index contributed by atoms with van der Waals surface area (Å²) in [6, 6.07) is 0. The Kier molecular flexibility index (Phi) is 3.16. The summed E-state index contributed by atoms with van der Waals surface area (Å²) in [5.74, 6) is 0. The fourth-order valence-corrected chi connectivity index (χ4v) is 1.58. The van der Waals surface area contributed by atoms with Crippen molar-refractivity contribution in [3.63, 3.8) is 0 Å². The SMILES string of the molecule is C1CC2CCC1O2.CCO. The third kappa shape index (κ3) is 1.96. The van der Waals surface area contributed by atoms with E-state index in [9.17, 15) is 0 Å². The van der Waals surface area contributed by atoms with Crippen molar-refractivity contribution in [3.8, 4) is 0 Å². The molecule has 2 fully saturated rings. The van der Waals surface area contributed by atoms with E-state index in [1.54, 1.807) is 6.92 Å². The summed E-state index contributed by atoms with van der Waals surface area (Å²) >= 11 is 0. The van der Waals surface area contributed by atoms with Crippen molar-refractivity contribution in [1.82, 2.24) is 0 Å². The number of fused-ring (bicyclic) bond motifs is 2. The normalized spacial score (nSPS) is 35.4. The highest BCUT2D eigenvalue weighted by molar-refractivity contribution is 4.81. The summed E-state index contributed by atoms with van der Waals surface area (Å²) in [6.45, 7) is 1.93. The molecule has 0 amide bonds. The molecule has 2 heterocycles. The predicted octanol–water partition coefficient (Wildman–Crippen LogP) is 1.33. The minimum atomic E-state index is 0.250. The second-order valence-corrected chi connectivity index (χ2v) is 2.85. The van der Waals surface area contributed by atoms with E-state index in [0.29, 0.717) is 12.2 Å². The Hall–Kier alpha value is -0.0800. The lowest BCUT2D eigenvalue weighted by Gasteiger charge is -2.00. The third-order valence-electron chi connectivity index (χ3n) is 2.01.